The van der Waals surface area contributed by atoms with Gasteiger partial charge in [0.05, 0.1) is 22.2 Å². The van der Waals surface area contributed by atoms with Crippen molar-refractivity contribution < 1.29 is 22.8 Å². The van der Waals surface area contributed by atoms with E-state index in [0.29, 0.717) is 11.3 Å². The molecule has 0 fully saturated rings. The van der Waals surface area contributed by atoms with Crippen molar-refractivity contribution in [3.05, 3.63) is 64.1 Å². The first-order valence-electron chi connectivity index (χ1n) is 7.89. The Hall–Kier alpha value is -3.17. The van der Waals surface area contributed by atoms with Crippen LogP contribution in [0.4, 0.5) is 11.4 Å². The van der Waals surface area contributed by atoms with Crippen molar-refractivity contribution in [2.45, 2.75) is 13.8 Å². The summed E-state index contributed by atoms with van der Waals surface area (Å²) in [6.45, 7) is 3.77. The molecule has 0 unspecified atom stereocenters. The van der Waals surface area contributed by atoms with Crippen LogP contribution in [0.2, 0.25) is 0 Å². The number of aryl methyl sites for hydroxylation is 2. The van der Waals surface area contributed by atoms with Gasteiger partial charge in [0.15, 0.2) is 0 Å². The van der Waals surface area contributed by atoms with Gasteiger partial charge in [0.2, 0.25) is 0 Å². The molecule has 0 bridgehead atoms. The molecule has 1 amide bonds. The number of para-hydroxylation sites is 1. The van der Waals surface area contributed by atoms with Crippen molar-refractivity contribution in [3.8, 4) is 0 Å². The van der Waals surface area contributed by atoms with Crippen LogP contribution in [-0.2, 0) is 19.7 Å². The number of hydrogen-bond donors (Lipinski definition) is 3. The van der Waals surface area contributed by atoms with E-state index in [1.807, 2.05) is 13.8 Å². The van der Waals surface area contributed by atoms with Crippen LogP contribution in [0.25, 0.3) is 5.57 Å². The molecular formula is C18H17N3O5S. The fraction of sp³-hybridized carbons (Fsp3) is 0.111. The average molecular weight is 387 g/mol. The van der Waals surface area contributed by atoms with E-state index in [1.165, 1.54) is 18.2 Å². The normalized spacial score (nSPS) is 14.6. The van der Waals surface area contributed by atoms with Gasteiger partial charge in [0, 0.05) is 11.3 Å². The van der Waals surface area contributed by atoms with E-state index in [4.69, 9.17) is 5.90 Å². The monoisotopic (exact) mass is 387 g/mol. The number of benzene rings is 2. The molecule has 9 heteroatoms. The predicted octanol–water partition coefficient (Wildman–Crippen LogP) is 2.07. The molecule has 2 aromatic carbocycles. The van der Waals surface area contributed by atoms with E-state index in [9.17, 15) is 18.0 Å². The third-order valence-corrected chi connectivity index (χ3v) is 5.25. The molecule has 0 radical (unpaired) electrons. The molecular weight excluding hydrogens is 370 g/mol. The molecule has 1 aliphatic heterocycles. The zero-order chi connectivity index (χ0) is 19.8. The molecule has 0 atom stereocenters. The zero-order valence-electron chi connectivity index (χ0n) is 14.6. The first kappa shape index (κ1) is 18.6. The minimum Gasteiger partial charge on any atom is -0.370 e. The average Bonchev–Trinajstić information content (AvgIpc) is 2.89. The lowest BCUT2D eigenvalue weighted by molar-refractivity contribution is -0.110. The number of carbonyl (C=O) groups is 2. The predicted molar refractivity (Wildman–Crippen MR) is 101 cm³/mol. The van der Waals surface area contributed by atoms with Gasteiger partial charge in [-0.2, -0.15) is 5.90 Å². The third-order valence-electron chi connectivity index (χ3n) is 4.20. The van der Waals surface area contributed by atoms with Gasteiger partial charge in [-0.25, -0.2) is 13.2 Å². The highest BCUT2D eigenvalue weighted by atomic mass is 32.2. The van der Waals surface area contributed by atoms with Crippen LogP contribution in [0.15, 0.2) is 41.8 Å². The van der Waals surface area contributed by atoms with Gasteiger partial charge in [-0.1, -0.05) is 12.1 Å². The van der Waals surface area contributed by atoms with Gasteiger partial charge >= 0.3 is 5.97 Å². The SMILES string of the molecule is Cc1cc2c(cc1C)/C(=C/S(=O)(=O)Nc1ccccc1C(=O)ON)C(=O)N2. The highest BCUT2D eigenvalue weighted by molar-refractivity contribution is 7.95. The van der Waals surface area contributed by atoms with Crippen molar-refractivity contribution in [1.29, 1.82) is 0 Å². The topological polar surface area (TPSA) is 128 Å². The summed E-state index contributed by atoms with van der Waals surface area (Å²) in [4.78, 5) is 28.1. The second-order valence-electron chi connectivity index (χ2n) is 6.07. The van der Waals surface area contributed by atoms with Crippen LogP contribution in [0.5, 0.6) is 0 Å². The fourth-order valence-electron chi connectivity index (χ4n) is 2.72. The second-order valence-corrected chi connectivity index (χ2v) is 7.60. The quantitative estimate of drug-likeness (QED) is 0.544. The van der Waals surface area contributed by atoms with Crippen molar-refractivity contribution in [1.82, 2.24) is 0 Å². The van der Waals surface area contributed by atoms with Crippen molar-refractivity contribution >= 4 is 38.8 Å². The van der Waals surface area contributed by atoms with E-state index in [1.54, 1.807) is 18.2 Å². The molecule has 3 rings (SSSR count). The van der Waals surface area contributed by atoms with Gasteiger partial charge in [-0.15, -0.1) is 0 Å². The smallest absolute Gasteiger partial charge is 0.358 e. The summed E-state index contributed by atoms with van der Waals surface area (Å²) < 4.78 is 27.4. The van der Waals surface area contributed by atoms with Gasteiger partial charge in [0.1, 0.15) is 0 Å². The first-order chi connectivity index (χ1) is 12.7. The van der Waals surface area contributed by atoms with Gasteiger partial charge in [-0.3, -0.25) is 9.52 Å². The molecule has 0 aliphatic carbocycles. The molecule has 140 valence electrons. The zero-order valence-corrected chi connectivity index (χ0v) is 15.4. The Morgan fingerprint density at radius 1 is 1.19 bits per heavy atom. The van der Waals surface area contributed by atoms with E-state index < -0.39 is 21.9 Å². The maximum atomic E-state index is 12.6. The minimum absolute atomic E-state index is 0.0106. The van der Waals surface area contributed by atoms with E-state index in [-0.39, 0.29) is 16.8 Å². The molecule has 0 saturated heterocycles. The van der Waals surface area contributed by atoms with Crippen molar-refractivity contribution in [2.24, 2.45) is 5.90 Å². The summed E-state index contributed by atoms with van der Waals surface area (Å²) >= 11 is 0. The highest BCUT2D eigenvalue weighted by Crippen LogP contribution is 2.34. The molecule has 1 heterocycles. The number of fused-ring (bicyclic) bond motifs is 1. The van der Waals surface area contributed by atoms with Crippen LogP contribution in [0.1, 0.15) is 27.0 Å². The molecule has 0 saturated carbocycles. The summed E-state index contributed by atoms with van der Waals surface area (Å²) in [6, 6.07) is 9.37. The van der Waals surface area contributed by atoms with Crippen molar-refractivity contribution in [3.63, 3.8) is 0 Å². The Morgan fingerprint density at radius 2 is 1.85 bits per heavy atom. The molecule has 27 heavy (non-hydrogen) atoms. The van der Waals surface area contributed by atoms with Crippen molar-refractivity contribution in [2.75, 3.05) is 10.0 Å². The van der Waals surface area contributed by atoms with E-state index in [2.05, 4.69) is 14.9 Å². The number of sulfonamides is 1. The number of hydrogen-bond acceptors (Lipinski definition) is 6. The largest absolute Gasteiger partial charge is 0.370 e. The van der Waals surface area contributed by atoms with Crippen LogP contribution in [-0.4, -0.2) is 20.3 Å². The maximum absolute atomic E-state index is 12.6. The molecule has 0 spiro atoms. The van der Waals surface area contributed by atoms with Gasteiger partial charge < -0.3 is 10.2 Å². The molecule has 8 nitrogen and oxygen atoms in total. The lowest BCUT2D eigenvalue weighted by atomic mass is 10.0. The van der Waals surface area contributed by atoms with Gasteiger partial charge in [-0.05, 0) is 49.2 Å². The van der Waals surface area contributed by atoms with E-state index in [0.717, 1.165) is 16.5 Å². The standard InChI is InChI=1S/C18H17N3O5S/c1-10-7-13-14(17(22)20-16(13)8-11(10)2)9-27(24,25)21-15-6-4-3-5-12(15)18(23)26-19/h3-9,21H,19H2,1-2H3,(H,20,22)/b14-9-. The third kappa shape index (κ3) is 3.69. The molecule has 1 aliphatic rings. The number of anilines is 2. The highest BCUT2D eigenvalue weighted by Gasteiger charge is 2.27. The van der Waals surface area contributed by atoms with Crippen LogP contribution < -0.4 is 15.9 Å². The van der Waals surface area contributed by atoms with Gasteiger partial charge in [0.25, 0.3) is 15.9 Å². The Morgan fingerprint density at radius 3 is 2.56 bits per heavy atom. The number of nitrogens with one attached hydrogen (secondary N) is 2. The number of carbonyl (C=O) groups excluding carboxylic acids is 2. The van der Waals surface area contributed by atoms with Crippen LogP contribution in [0, 0.1) is 13.8 Å². The molecule has 4 N–H and O–H groups in total. The Bertz CT molecular complexity index is 1090. The summed E-state index contributed by atoms with van der Waals surface area (Å²) in [5.41, 5.74) is 2.91. The Balaban J connectivity index is 2.00. The summed E-state index contributed by atoms with van der Waals surface area (Å²) in [7, 11) is -4.10. The number of amides is 1. The molecule has 2 aromatic rings. The first-order valence-corrected chi connectivity index (χ1v) is 9.44. The summed E-state index contributed by atoms with van der Waals surface area (Å²) in [5, 5.41) is 3.49. The fourth-order valence-corrected chi connectivity index (χ4v) is 3.81. The number of nitrogens with two attached hydrogens (primary N) is 1. The maximum Gasteiger partial charge on any atom is 0.358 e. The number of rotatable bonds is 4. The molecule has 0 aromatic heterocycles. The Kier molecular flexibility index (Phi) is 4.73. The summed E-state index contributed by atoms with van der Waals surface area (Å²) in [5.74, 6) is 3.46. The van der Waals surface area contributed by atoms with Crippen LogP contribution in [0.3, 0.4) is 0 Å². The second kappa shape index (κ2) is 6.86. The van der Waals surface area contributed by atoms with E-state index >= 15 is 0 Å². The summed E-state index contributed by atoms with van der Waals surface area (Å²) in [6.07, 6.45) is 0. The minimum atomic E-state index is -4.10. The lowest BCUT2D eigenvalue weighted by Crippen LogP contribution is -2.17. The van der Waals surface area contributed by atoms with Crippen LogP contribution >= 0.6 is 0 Å². The Labute approximate surface area is 156 Å². The lowest BCUT2D eigenvalue weighted by Gasteiger charge is -2.09.